The molecule has 80 valence electrons. The maximum Gasteiger partial charge on any atom is 0.342 e. The molecule has 0 aromatic heterocycles. The summed E-state index contributed by atoms with van der Waals surface area (Å²) in [5.74, 6) is -0.338. The van der Waals surface area contributed by atoms with Gasteiger partial charge in [0, 0.05) is 0 Å². The number of fused-ring (bicyclic) bond motifs is 1. The average molecular weight is 206 g/mol. The second-order valence-corrected chi connectivity index (χ2v) is 3.78. The second-order valence-electron chi connectivity index (χ2n) is 3.78. The molecule has 1 atom stereocenters. The molecule has 0 saturated carbocycles. The number of hydrogen-bond donors (Lipinski definition) is 0. The van der Waals surface area contributed by atoms with Gasteiger partial charge in [0.15, 0.2) is 5.60 Å². The summed E-state index contributed by atoms with van der Waals surface area (Å²) < 4.78 is 10.4. The Hall–Kier alpha value is -1.35. The summed E-state index contributed by atoms with van der Waals surface area (Å²) in [5, 5.41) is 0. The molecule has 1 aromatic rings. The van der Waals surface area contributed by atoms with Gasteiger partial charge in [0.05, 0.1) is 13.7 Å². The molecule has 0 N–H and O–H groups in total. The standard InChI is InChI=1S/C12H14O3/c1-12(11(13)14-2)10-6-4-3-5-9(10)7-8-15-12/h3-6H,7-8H2,1-2H3. The minimum Gasteiger partial charge on any atom is -0.467 e. The third-order valence-electron chi connectivity index (χ3n) is 2.87. The summed E-state index contributed by atoms with van der Waals surface area (Å²) in [4.78, 5) is 11.7. The van der Waals surface area contributed by atoms with Crippen molar-refractivity contribution >= 4 is 5.97 Å². The average Bonchev–Trinajstić information content (AvgIpc) is 2.28. The summed E-state index contributed by atoms with van der Waals surface area (Å²) >= 11 is 0. The molecule has 1 aliphatic heterocycles. The van der Waals surface area contributed by atoms with Crippen LogP contribution in [0, 0.1) is 0 Å². The number of rotatable bonds is 1. The van der Waals surface area contributed by atoms with Gasteiger partial charge in [-0.2, -0.15) is 0 Å². The predicted octanol–water partition coefficient (Wildman–Crippen LogP) is 1.65. The van der Waals surface area contributed by atoms with E-state index in [0.717, 1.165) is 17.5 Å². The van der Waals surface area contributed by atoms with E-state index >= 15 is 0 Å². The Morgan fingerprint density at radius 2 is 2.20 bits per heavy atom. The van der Waals surface area contributed by atoms with Crippen LogP contribution in [0.5, 0.6) is 0 Å². The third kappa shape index (κ3) is 1.53. The van der Waals surface area contributed by atoms with Crippen molar-refractivity contribution in [2.45, 2.75) is 18.9 Å². The molecule has 0 aliphatic carbocycles. The molecule has 0 radical (unpaired) electrons. The van der Waals surface area contributed by atoms with Crippen LogP contribution in [0.15, 0.2) is 24.3 Å². The largest absolute Gasteiger partial charge is 0.467 e. The van der Waals surface area contributed by atoms with Crippen LogP contribution in [0.2, 0.25) is 0 Å². The lowest BCUT2D eigenvalue weighted by Crippen LogP contribution is -2.40. The Labute approximate surface area is 89.0 Å². The topological polar surface area (TPSA) is 35.5 Å². The van der Waals surface area contributed by atoms with Gasteiger partial charge in [-0.25, -0.2) is 4.79 Å². The smallest absolute Gasteiger partial charge is 0.342 e. The van der Waals surface area contributed by atoms with Crippen molar-refractivity contribution < 1.29 is 14.3 Å². The predicted molar refractivity (Wildman–Crippen MR) is 55.5 cm³/mol. The number of esters is 1. The lowest BCUT2D eigenvalue weighted by Gasteiger charge is -2.33. The van der Waals surface area contributed by atoms with E-state index in [9.17, 15) is 4.79 Å². The van der Waals surface area contributed by atoms with E-state index < -0.39 is 5.60 Å². The van der Waals surface area contributed by atoms with E-state index in [0.29, 0.717) is 6.61 Å². The molecule has 3 heteroatoms. The lowest BCUT2D eigenvalue weighted by molar-refractivity contribution is -0.170. The van der Waals surface area contributed by atoms with Gasteiger partial charge in [0.25, 0.3) is 0 Å². The first-order valence-corrected chi connectivity index (χ1v) is 4.99. The van der Waals surface area contributed by atoms with E-state index in [1.165, 1.54) is 7.11 Å². The maximum atomic E-state index is 11.7. The molecule has 0 bridgehead atoms. The lowest BCUT2D eigenvalue weighted by atomic mass is 9.88. The highest BCUT2D eigenvalue weighted by Gasteiger charge is 2.41. The van der Waals surface area contributed by atoms with Crippen LogP contribution in [0.4, 0.5) is 0 Å². The zero-order valence-electron chi connectivity index (χ0n) is 8.95. The molecule has 1 unspecified atom stereocenters. The Morgan fingerprint density at radius 1 is 1.47 bits per heavy atom. The summed E-state index contributed by atoms with van der Waals surface area (Å²) in [6, 6.07) is 7.83. The van der Waals surface area contributed by atoms with Crippen LogP contribution in [0.3, 0.4) is 0 Å². The monoisotopic (exact) mass is 206 g/mol. The first-order chi connectivity index (χ1) is 7.18. The van der Waals surface area contributed by atoms with Crippen molar-refractivity contribution in [2.24, 2.45) is 0 Å². The highest BCUT2D eigenvalue weighted by atomic mass is 16.6. The zero-order valence-corrected chi connectivity index (χ0v) is 8.95. The first kappa shape index (κ1) is 10.2. The first-order valence-electron chi connectivity index (χ1n) is 4.99. The van der Waals surface area contributed by atoms with Gasteiger partial charge in [0.1, 0.15) is 0 Å². The summed E-state index contributed by atoms with van der Waals surface area (Å²) in [5.41, 5.74) is 1.14. The van der Waals surface area contributed by atoms with E-state index in [2.05, 4.69) is 0 Å². The van der Waals surface area contributed by atoms with Crippen molar-refractivity contribution in [3.8, 4) is 0 Å². The van der Waals surface area contributed by atoms with Crippen molar-refractivity contribution in [1.29, 1.82) is 0 Å². The van der Waals surface area contributed by atoms with E-state index in [1.54, 1.807) is 6.92 Å². The van der Waals surface area contributed by atoms with Gasteiger partial charge in [-0.05, 0) is 24.5 Å². The molecule has 0 spiro atoms. The quantitative estimate of drug-likeness (QED) is 0.655. The highest BCUT2D eigenvalue weighted by Crippen LogP contribution is 2.33. The Bertz CT molecular complexity index is 386. The number of hydrogen-bond acceptors (Lipinski definition) is 3. The van der Waals surface area contributed by atoms with Crippen LogP contribution in [0.25, 0.3) is 0 Å². The van der Waals surface area contributed by atoms with Crippen LogP contribution < -0.4 is 0 Å². The number of carbonyl (C=O) groups excluding carboxylic acids is 1. The fourth-order valence-corrected chi connectivity index (χ4v) is 2.01. The fraction of sp³-hybridized carbons (Fsp3) is 0.417. The van der Waals surface area contributed by atoms with Gasteiger partial charge in [-0.3, -0.25) is 0 Å². The van der Waals surface area contributed by atoms with Crippen LogP contribution >= 0.6 is 0 Å². The number of benzene rings is 1. The second kappa shape index (κ2) is 3.66. The molecule has 1 heterocycles. The SMILES string of the molecule is COC(=O)C1(C)OCCc2ccccc21. The van der Waals surface area contributed by atoms with Crippen LogP contribution in [0.1, 0.15) is 18.1 Å². The molecular weight excluding hydrogens is 192 g/mol. The van der Waals surface area contributed by atoms with Gasteiger partial charge in [0.2, 0.25) is 0 Å². The van der Waals surface area contributed by atoms with Crippen molar-refractivity contribution in [1.82, 2.24) is 0 Å². The van der Waals surface area contributed by atoms with Crippen molar-refractivity contribution in [3.63, 3.8) is 0 Å². The fourth-order valence-electron chi connectivity index (χ4n) is 2.01. The zero-order chi connectivity index (χ0) is 10.9. The van der Waals surface area contributed by atoms with E-state index in [1.807, 2.05) is 24.3 Å². The molecule has 15 heavy (non-hydrogen) atoms. The molecule has 1 aromatic carbocycles. The normalized spacial score (nSPS) is 24.4. The molecule has 1 aliphatic rings. The molecule has 3 nitrogen and oxygen atoms in total. The van der Waals surface area contributed by atoms with Crippen LogP contribution in [-0.4, -0.2) is 19.7 Å². The summed E-state index contributed by atoms with van der Waals surface area (Å²) in [6.45, 7) is 2.32. The Kier molecular flexibility index (Phi) is 2.49. The molecule has 0 fully saturated rings. The third-order valence-corrected chi connectivity index (χ3v) is 2.87. The van der Waals surface area contributed by atoms with Crippen LogP contribution in [-0.2, 0) is 26.3 Å². The van der Waals surface area contributed by atoms with Gasteiger partial charge >= 0.3 is 5.97 Å². The molecule has 2 rings (SSSR count). The molecule has 0 amide bonds. The Balaban J connectivity index is 2.49. The summed E-state index contributed by atoms with van der Waals surface area (Å²) in [7, 11) is 1.38. The highest BCUT2D eigenvalue weighted by molar-refractivity contribution is 5.81. The minimum absolute atomic E-state index is 0.338. The molecular formula is C12H14O3. The van der Waals surface area contributed by atoms with Gasteiger partial charge in [-0.1, -0.05) is 24.3 Å². The minimum atomic E-state index is -0.941. The van der Waals surface area contributed by atoms with E-state index in [-0.39, 0.29) is 5.97 Å². The van der Waals surface area contributed by atoms with Gasteiger partial charge in [-0.15, -0.1) is 0 Å². The van der Waals surface area contributed by atoms with E-state index in [4.69, 9.17) is 9.47 Å². The van der Waals surface area contributed by atoms with Crippen molar-refractivity contribution in [2.75, 3.05) is 13.7 Å². The Morgan fingerprint density at radius 3 is 2.93 bits per heavy atom. The maximum absolute atomic E-state index is 11.7. The van der Waals surface area contributed by atoms with Gasteiger partial charge < -0.3 is 9.47 Å². The van der Waals surface area contributed by atoms with Crippen molar-refractivity contribution in [3.05, 3.63) is 35.4 Å². The number of methoxy groups -OCH3 is 1. The molecule has 0 saturated heterocycles. The summed E-state index contributed by atoms with van der Waals surface area (Å²) in [6.07, 6.45) is 0.850. The number of ether oxygens (including phenoxy) is 2. The number of carbonyl (C=O) groups is 1.